The smallest absolute Gasteiger partial charge is 0.252 e. The molecular formula is C20H22N4O3. The average Bonchev–Trinajstić information content (AvgIpc) is 2.97. The highest BCUT2D eigenvalue weighted by atomic mass is 16.5. The Balaban J connectivity index is 1.60. The van der Waals surface area contributed by atoms with Crippen molar-refractivity contribution in [3.05, 3.63) is 53.6 Å². The van der Waals surface area contributed by atoms with Crippen LogP contribution < -0.4 is 20.7 Å². The number of carbonyl (C=O) groups excluding carboxylic acids is 2. The standard InChI is InChI=1S/C20H22N4O3/c1-12-4-9-16(13(2)10-12)22-20-23-17(19(26)24-20)11-18(25)21-14-5-7-15(27-3)8-6-14/h4-10,17H,11H2,1-3H3,(H,21,25)(H2,22,23,24,26)/t17-/m1/s1. The zero-order valence-electron chi connectivity index (χ0n) is 15.5. The number of carbonyl (C=O) groups is 2. The van der Waals surface area contributed by atoms with Crippen molar-refractivity contribution in [2.24, 2.45) is 4.99 Å². The molecule has 3 rings (SSSR count). The van der Waals surface area contributed by atoms with Crippen LogP contribution in [0.1, 0.15) is 17.5 Å². The monoisotopic (exact) mass is 366 g/mol. The molecule has 1 aliphatic rings. The zero-order chi connectivity index (χ0) is 19.4. The van der Waals surface area contributed by atoms with Crippen LogP contribution in [0.2, 0.25) is 0 Å². The van der Waals surface area contributed by atoms with Gasteiger partial charge in [0.2, 0.25) is 11.9 Å². The van der Waals surface area contributed by atoms with E-state index < -0.39 is 6.04 Å². The Morgan fingerprint density at radius 2 is 1.93 bits per heavy atom. The van der Waals surface area contributed by atoms with E-state index in [9.17, 15) is 9.59 Å². The SMILES string of the molecule is COc1ccc(NC(=O)C[C@H]2N=C(Nc3ccc(C)cc3C)NC2=O)cc1. The summed E-state index contributed by atoms with van der Waals surface area (Å²) in [5.41, 5.74) is 3.70. The van der Waals surface area contributed by atoms with Gasteiger partial charge in [-0.05, 0) is 49.7 Å². The number of aliphatic imine (C=N–C) groups is 1. The third-order valence-electron chi connectivity index (χ3n) is 4.22. The first-order valence-corrected chi connectivity index (χ1v) is 8.61. The van der Waals surface area contributed by atoms with Gasteiger partial charge in [0.1, 0.15) is 11.8 Å². The van der Waals surface area contributed by atoms with Crippen LogP contribution in [0.5, 0.6) is 5.75 Å². The van der Waals surface area contributed by atoms with Crippen molar-refractivity contribution in [1.29, 1.82) is 0 Å². The highest BCUT2D eigenvalue weighted by molar-refractivity contribution is 6.12. The predicted molar refractivity (Wildman–Crippen MR) is 105 cm³/mol. The minimum absolute atomic E-state index is 0.0318. The fraction of sp³-hybridized carbons (Fsp3) is 0.250. The summed E-state index contributed by atoms with van der Waals surface area (Å²) in [6.45, 7) is 4.00. The number of guanidine groups is 1. The first kappa shape index (κ1) is 18.4. The van der Waals surface area contributed by atoms with E-state index in [2.05, 4.69) is 20.9 Å². The van der Waals surface area contributed by atoms with Gasteiger partial charge in [0, 0.05) is 11.4 Å². The third kappa shape index (κ3) is 4.63. The minimum Gasteiger partial charge on any atom is -0.497 e. The Morgan fingerprint density at radius 3 is 2.59 bits per heavy atom. The maximum Gasteiger partial charge on any atom is 0.252 e. The van der Waals surface area contributed by atoms with Gasteiger partial charge in [-0.2, -0.15) is 0 Å². The first-order chi connectivity index (χ1) is 12.9. The van der Waals surface area contributed by atoms with Crippen LogP contribution in [0.4, 0.5) is 11.4 Å². The largest absolute Gasteiger partial charge is 0.497 e. The number of benzene rings is 2. The summed E-state index contributed by atoms with van der Waals surface area (Å²) in [5, 5.41) is 8.54. The van der Waals surface area contributed by atoms with Crippen LogP contribution in [0, 0.1) is 13.8 Å². The van der Waals surface area contributed by atoms with E-state index in [0.717, 1.165) is 16.8 Å². The molecule has 1 atom stereocenters. The molecule has 0 bridgehead atoms. The van der Waals surface area contributed by atoms with Crippen molar-refractivity contribution in [3.63, 3.8) is 0 Å². The second-order valence-electron chi connectivity index (χ2n) is 6.41. The molecule has 0 saturated carbocycles. The summed E-state index contributed by atoms with van der Waals surface area (Å²) in [4.78, 5) is 28.6. The Kier molecular flexibility index (Phi) is 5.40. The van der Waals surface area contributed by atoms with Gasteiger partial charge in [-0.15, -0.1) is 0 Å². The van der Waals surface area contributed by atoms with Gasteiger partial charge in [-0.1, -0.05) is 17.7 Å². The number of ether oxygens (including phenoxy) is 1. The number of nitrogens with zero attached hydrogens (tertiary/aromatic N) is 1. The van der Waals surface area contributed by atoms with Gasteiger partial charge in [0.25, 0.3) is 5.91 Å². The Bertz CT molecular complexity index is 891. The van der Waals surface area contributed by atoms with Crippen molar-refractivity contribution in [1.82, 2.24) is 5.32 Å². The lowest BCUT2D eigenvalue weighted by atomic mass is 10.1. The van der Waals surface area contributed by atoms with Crippen LogP contribution in [0.25, 0.3) is 0 Å². The Labute approximate surface area is 157 Å². The molecule has 0 spiro atoms. The van der Waals surface area contributed by atoms with Crippen molar-refractivity contribution < 1.29 is 14.3 Å². The number of rotatable bonds is 5. The van der Waals surface area contributed by atoms with E-state index in [0.29, 0.717) is 17.4 Å². The fourth-order valence-electron chi connectivity index (χ4n) is 2.79. The molecule has 27 heavy (non-hydrogen) atoms. The zero-order valence-corrected chi connectivity index (χ0v) is 15.5. The first-order valence-electron chi connectivity index (χ1n) is 8.61. The summed E-state index contributed by atoms with van der Waals surface area (Å²) >= 11 is 0. The summed E-state index contributed by atoms with van der Waals surface area (Å²) in [7, 11) is 1.58. The van der Waals surface area contributed by atoms with Gasteiger partial charge in [-0.25, -0.2) is 4.99 Å². The topological polar surface area (TPSA) is 91.8 Å². The molecule has 0 unspecified atom stereocenters. The van der Waals surface area contributed by atoms with Crippen LogP contribution >= 0.6 is 0 Å². The Hall–Kier alpha value is -3.35. The van der Waals surface area contributed by atoms with E-state index in [1.807, 2.05) is 32.0 Å². The van der Waals surface area contributed by atoms with Gasteiger partial charge in [0.05, 0.1) is 13.5 Å². The van der Waals surface area contributed by atoms with Crippen molar-refractivity contribution in [2.75, 3.05) is 17.7 Å². The van der Waals surface area contributed by atoms with Crippen LogP contribution in [-0.2, 0) is 9.59 Å². The van der Waals surface area contributed by atoms with Crippen molar-refractivity contribution in [2.45, 2.75) is 26.3 Å². The van der Waals surface area contributed by atoms with Gasteiger partial charge >= 0.3 is 0 Å². The number of methoxy groups -OCH3 is 1. The molecule has 1 heterocycles. The van der Waals surface area contributed by atoms with Gasteiger partial charge in [-0.3, -0.25) is 14.9 Å². The highest BCUT2D eigenvalue weighted by Crippen LogP contribution is 2.18. The molecule has 7 nitrogen and oxygen atoms in total. The Morgan fingerprint density at radius 1 is 1.19 bits per heavy atom. The number of hydrogen-bond acceptors (Lipinski definition) is 5. The minimum atomic E-state index is -0.753. The molecule has 0 aromatic heterocycles. The molecule has 0 saturated heterocycles. The predicted octanol–water partition coefficient (Wildman–Crippen LogP) is 2.61. The van der Waals surface area contributed by atoms with Crippen molar-refractivity contribution in [3.8, 4) is 5.75 Å². The number of aryl methyl sites for hydroxylation is 2. The molecule has 2 amide bonds. The quantitative estimate of drug-likeness (QED) is 0.758. The molecule has 0 fully saturated rings. The lowest BCUT2D eigenvalue weighted by Crippen LogP contribution is -2.34. The van der Waals surface area contributed by atoms with Crippen molar-refractivity contribution >= 4 is 29.1 Å². The summed E-state index contributed by atoms with van der Waals surface area (Å²) in [6.07, 6.45) is -0.0318. The molecule has 2 aromatic rings. The molecule has 140 valence electrons. The molecule has 7 heteroatoms. The molecule has 3 N–H and O–H groups in total. The average molecular weight is 366 g/mol. The molecule has 0 aliphatic carbocycles. The molecule has 0 radical (unpaired) electrons. The second-order valence-corrected chi connectivity index (χ2v) is 6.41. The summed E-state index contributed by atoms with van der Waals surface area (Å²) in [6, 6.07) is 12.2. The number of hydrogen-bond donors (Lipinski definition) is 3. The van der Waals surface area contributed by atoms with Crippen LogP contribution in [0.3, 0.4) is 0 Å². The maximum absolute atomic E-state index is 12.2. The lowest BCUT2D eigenvalue weighted by Gasteiger charge is -2.09. The molecule has 1 aliphatic heterocycles. The van der Waals surface area contributed by atoms with Crippen LogP contribution in [-0.4, -0.2) is 30.9 Å². The summed E-state index contributed by atoms with van der Waals surface area (Å²) < 4.78 is 5.08. The lowest BCUT2D eigenvalue weighted by molar-refractivity contribution is -0.123. The van der Waals surface area contributed by atoms with Gasteiger partial charge < -0.3 is 15.4 Å². The van der Waals surface area contributed by atoms with Gasteiger partial charge in [0.15, 0.2) is 0 Å². The number of amides is 2. The molecule has 2 aromatic carbocycles. The molecular weight excluding hydrogens is 344 g/mol. The van der Waals surface area contributed by atoms with E-state index in [1.165, 1.54) is 0 Å². The number of anilines is 2. The third-order valence-corrected chi connectivity index (χ3v) is 4.22. The maximum atomic E-state index is 12.2. The van der Waals surface area contributed by atoms with E-state index in [1.54, 1.807) is 31.4 Å². The van der Waals surface area contributed by atoms with E-state index >= 15 is 0 Å². The van der Waals surface area contributed by atoms with E-state index in [4.69, 9.17) is 4.74 Å². The highest BCUT2D eigenvalue weighted by Gasteiger charge is 2.28. The number of nitrogens with one attached hydrogen (secondary N) is 3. The van der Waals surface area contributed by atoms with Crippen LogP contribution in [0.15, 0.2) is 47.5 Å². The fourth-order valence-corrected chi connectivity index (χ4v) is 2.79. The van der Waals surface area contributed by atoms with E-state index in [-0.39, 0.29) is 18.2 Å². The second kappa shape index (κ2) is 7.90. The normalized spacial score (nSPS) is 15.7. The summed E-state index contributed by atoms with van der Waals surface area (Å²) in [5.74, 6) is 0.480.